The van der Waals surface area contributed by atoms with Crippen LogP contribution in [0.3, 0.4) is 0 Å². The molecule has 6 atom stereocenters. The maximum Gasteiger partial charge on any atom is 0.408 e. The van der Waals surface area contributed by atoms with E-state index in [0.29, 0.717) is 48.2 Å². The standard InChI is InChI=1S/C39H50F2N5O8P/c1-52-28-16-17-30-35(19-28)43-24-44-36(30)53-29-18-26(22-47)46(21-29)37(48)34(45-38(49)54-27-11-7-8-12-27)15-6-4-2-3-5-10-25-20-39(25,42)55(50,51)23-31-32(40)13-9-14-33(31)41/h9,13-14,16-17,19,22,24-27,29,34H,2-8,10-12,15,18,20-21,23,42H2,1H3,(H,45,49)(H,50,51)/t25-,26+,29?,34+,39+/m1/s1. The highest BCUT2D eigenvalue weighted by Gasteiger charge is 2.62. The van der Waals surface area contributed by atoms with Crippen LogP contribution < -0.4 is 20.5 Å². The fourth-order valence-corrected chi connectivity index (χ4v) is 10.1. The van der Waals surface area contributed by atoms with Gasteiger partial charge in [0.15, 0.2) is 0 Å². The van der Waals surface area contributed by atoms with Crippen molar-refractivity contribution in [1.82, 2.24) is 20.2 Å². The number of hydrogen-bond acceptors (Lipinski definition) is 10. The smallest absolute Gasteiger partial charge is 0.408 e. The molecule has 3 aliphatic rings. The van der Waals surface area contributed by atoms with Gasteiger partial charge in [-0.1, -0.05) is 38.2 Å². The first kappa shape index (κ1) is 40.5. The SMILES string of the molecule is COc1ccc2c(OC3C[C@@H](C=O)N(C(=O)[C@H](CCCCCCC[C@@H]4C[C@]4(N)P(=O)(O)Cc4c(F)cccc4F)NC(=O)OC4CCCC4)C3)ncnc2c1. The quantitative estimate of drug-likeness (QED) is 0.0740. The molecule has 4 N–H and O–H groups in total. The number of nitrogens with zero attached hydrogens (tertiary/aromatic N) is 3. The van der Waals surface area contributed by atoms with Gasteiger partial charge >= 0.3 is 6.09 Å². The lowest BCUT2D eigenvalue weighted by molar-refractivity contribution is -0.136. The van der Waals surface area contributed by atoms with Crippen LogP contribution in [0.2, 0.25) is 0 Å². The number of methoxy groups -OCH3 is 1. The summed E-state index contributed by atoms with van der Waals surface area (Å²) in [4.78, 5) is 60.0. The number of nitrogens with one attached hydrogen (secondary N) is 1. The Morgan fingerprint density at radius 3 is 2.55 bits per heavy atom. The van der Waals surface area contributed by atoms with Gasteiger partial charge in [-0.15, -0.1) is 0 Å². The van der Waals surface area contributed by atoms with E-state index in [1.807, 2.05) is 0 Å². The molecule has 3 aromatic rings. The first-order valence-electron chi connectivity index (χ1n) is 19.1. The summed E-state index contributed by atoms with van der Waals surface area (Å²) in [6.07, 6.45) is 8.85. The van der Waals surface area contributed by atoms with Crippen molar-refractivity contribution in [2.24, 2.45) is 11.7 Å². The van der Waals surface area contributed by atoms with Gasteiger partial charge < -0.3 is 39.8 Å². The first-order valence-corrected chi connectivity index (χ1v) is 21.0. The molecule has 55 heavy (non-hydrogen) atoms. The van der Waals surface area contributed by atoms with Gasteiger partial charge in [0.2, 0.25) is 19.2 Å². The number of halogens is 2. The molecule has 2 amide bonds. The third-order valence-corrected chi connectivity index (χ3v) is 13.8. The molecular weight excluding hydrogens is 735 g/mol. The molecule has 16 heteroatoms. The third kappa shape index (κ3) is 9.61. The van der Waals surface area contributed by atoms with E-state index in [2.05, 4.69) is 15.3 Å². The first-order chi connectivity index (χ1) is 26.4. The van der Waals surface area contributed by atoms with Crippen LogP contribution >= 0.6 is 7.37 Å². The number of aldehydes is 1. The molecule has 2 aliphatic carbocycles. The van der Waals surface area contributed by atoms with E-state index < -0.39 is 60.3 Å². The van der Waals surface area contributed by atoms with Gasteiger partial charge in [-0.25, -0.2) is 23.5 Å². The summed E-state index contributed by atoms with van der Waals surface area (Å²) >= 11 is 0. The molecule has 1 aliphatic heterocycles. The van der Waals surface area contributed by atoms with E-state index >= 15 is 0 Å². The van der Waals surface area contributed by atoms with Crippen LogP contribution in [0.5, 0.6) is 11.6 Å². The number of alkyl carbamates (subject to hydrolysis) is 1. The number of hydrogen-bond donors (Lipinski definition) is 3. The zero-order chi connectivity index (χ0) is 39.2. The maximum atomic E-state index is 14.2. The fourth-order valence-electron chi connectivity index (χ4n) is 7.91. The number of aromatic nitrogens is 2. The summed E-state index contributed by atoms with van der Waals surface area (Å²) < 4.78 is 58.6. The van der Waals surface area contributed by atoms with E-state index in [0.717, 1.165) is 69.8 Å². The third-order valence-electron chi connectivity index (χ3n) is 11.2. The molecule has 298 valence electrons. The predicted molar refractivity (Wildman–Crippen MR) is 200 cm³/mol. The second-order valence-electron chi connectivity index (χ2n) is 15.0. The number of amides is 2. The van der Waals surface area contributed by atoms with Crippen molar-refractivity contribution in [3.05, 3.63) is 59.9 Å². The lowest BCUT2D eigenvalue weighted by Crippen LogP contribution is -2.51. The Morgan fingerprint density at radius 1 is 1.09 bits per heavy atom. The van der Waals surface area contributed by atoms with Crippen molar-refractivity contribution in [2.45, 2.75) is 119 Å². The number of ether oxygens (including phenoxy) is 3. The predicted octanol–water partition coefficient (Wildman–Crippen LogP) is 6.38. The molecule has 1 aromatic heterocycles. The Labute approximate surface area is 319 Å². The molecule has 2 heterocycles. The van der Waals surface area contributed by atoms with Gasteiger partial charge in [0.05, 0.1) is 42.0 Å². The summed E-state index contributed by atoms with van der Waals surface area (Å²) in [7, 11) is -2.52. The monoisotopic (exact) mass is 785 g/mol. The number of carbonyl (C=O) groups is 3. The lowest BCUT2D eigenvalue weighted by atomic mass is 10.0. The zero-order valence-corrected chi connectivity index (χ0v) is 31.9. The molecule has 0 bridgehead atoms. The van der Waals surface area contributed by atoms with Crippen LogP contribution in [0.25, 0.3) is 10.9 Å². The lowest BCUT2D eigenvalue weighted by Gasteiger charge is -2.27. The van der Waals surface area contributed by atoms with E-state index in [9.17, 15) is 32.6 Å². The summed E-state index contributed by atoms with van der Waals surface area (Å²) in [6.45, 7) is 0.125. The molecule has 0 radical (unpaired) electrons. The molecule has 2 unspecified atom stereocenters. The summed E-state index contributed by atoms with van der Waals surface area (Å²) in [5, 5.41) is 2.09. The van der Waals surface area contributed by atoms with Crippen molar-refractivity contribution in [3.8, 4) is 11.6 Å². The number of carbonyl (C=O) groups excluding carboxylic acids is 3. The highest BCUT2D eigenvalue weighted by molar-refractivity contribution is 7.59. The van der Waals surface area contributed by atoms with Gasteiger partial charge in [0, 0.05) is 18.1 Å². The normalized spacial score (nSPS) is 23.9. The van der Waals surface area contributed by atoms with Crippen LogP contribution in [-0.2, 0) is 25.1 Å². The topological polar surface area (TPSA) is 183 Å². The summed E-state index contributed by atoms with van der Waals surface area (Å²) in [6, 6.07) is 6.99. The zero-order valence-electron chi connectivity index (χ0n) is 31.0. The number of nitrogens with two attached hydrogens (primary N) is 1. The number of likely N-dealkylation sites (tertiary alicyclic amines) is 1. The molecule has 3 fully saturated rings. The van der Waals surface area contributed by atoms with Crippen molar-refractivity contribution >= 4 is 36.6 Å². The Bertz CT molecular complexity index is 1880. The number of unbranched alkanes of at least 4 members (excludes halogenated alkanes) is 4. The molecule has 6 rings (SSSR count). The Hall–Kier alpha value is -4.20. The highest BCUT2D eigenvalue weighted by Crippen LogP contribution is 2.70. The van der Waals surface area contributed by atoms with Gasteiger partial charge in [-0.2, -0.15) is 0 Å². The Morgan fingerprint density at radius 2 is 1.82 bits per heavy atom. The van der Waals surface area contributed by atoms with E-state index in [4.69, 9.17) is 19.9 Å². The van der Waals surface area contributed by atoms with E-state index in [1.165, 1.54) is 17.3 Å². The number of rotatable bonds is 18. The van der Waals surface area contributed by atoms with Gasteiger partial charge in [-0.3, -0.25) is 9.36 Å². The van der Waals surface area contributed by atoms with E-state index in [-0.39, 0.29) is 30.9 Å². The second kappa shape index (κ2) is 17.7. The van der Waals surface area contributed by atoms with Crippen LogP contribution in [0.1, 0.15) is 89.0 Å². The van der Waals surface area contributed by atoms with E-state index in [1.54, 1.807) is 25.3 Å². The summed E-state index contributed by atoms with van der Waals surface area (Å²) in [5.41, 5.74) is 6.51. The summed E-state index contributed by atoms with van der Waals surface area (Å²) in [5.74, 6) is -1.38. The Kier molecular flexibility index (Phi) is 13.0. The van der Waals surface area contributed by atoms with Gasteiger partial charge in [0.25, 0.3) is 0 Å². The van der Waals surface area contributed by atoms with Crippen LogP contribution in [0, 0.1) is 17.6 Å². The number of benzene rings is 2. The van der Waals surface area contributed by atoms with Gasteiger partial charge in [0.1, 0.15) is 48.2 Å². The molecule has 13 nitrogen and oxygen atoms in total. The largest absolute Gasteiger partial charge is 0.497 e. The minimum absolute atomic E-state index is 0.125. The average Bonchev–Trinajstić information content (AvgIpc) is 3.44. The average molecular weight is 786 g/mol. The van der Waals surface area contributed by atoms with Crippen LogP contribution in [0.15, 0.2) is 42.7 Å². The maximum absolute atomic E-state index is 14.2. The minimum atomic E-state index is -4.08. The van der Waals surface area contributed by atoms with Crippen molar-refractivity contribution in [1.29, 1.82) is 0 Å². The molecule has 1 saturated heterocycles. The Balaban J connectivity index is 1.00. The van der Waals surface area contributed by atoms with Crippen molar-refractivity contribution in [3.63, 3.8) is 0 Å². The highest BCUT2D eigenvalue weighted by atomic mass is 31.2. The van der Waals surface area contributed by atoms with Crippen LogP contribution in [-0.4, -0.2) is 81.3 Å². The number of fused-ring (bicyclic) bond motifs is 1. The second-order valence-corrected chi connectivity index (χ2v) is 17.6. The molecular formula is C39H50F2N5O8P. The fraction of sp³-hybridized carbons (Fsp3) is 0.564. The molecule has 0 spiro atoms. The van der Waals surface area contributed by atoms with Gasteiger partial charge in [-0.05, 0) is 75.1 Å². The van der Waals surface area contributed by atoms with Crippen molar-refractivity contribution in [2.75, 3.05) is 13.7 Å². The van der Waals surface area contributed by atoms with Crippen molar-refractivity contribution < 1.29 is 46.8 Å². The molecule has 2 aromatic carbocycles. The minimum Gasteiger partial charge on any atom is -0.497 e. The van der Waals surface area contributed by atoms with Crippen LogP contribution in [0.4, 0.5) is 13.6 Å². The molecule has 2 saturated carbocycles.